The van der Waals surface area contributed by atoms with Crippen molar-refractivity contribution in [1.82, 2.24) is 0 Å². The average Bonchev–Trinajstić information content (AvgIpc) is 2.04. The molecule has 1 rings (SSSR count). The van der Waals surface area contributed by atoms with Crippen LogP contribution in [0.5, 0.6) is 0 Å². The molecule has 0 heterocycles. The molecule has 86 valence electrons. The maximum atomic E-state index is 12.1. The number of rotatable bonds is 0. The van der Waals surface area contributed by atoms with Gasteiger partial charge in [-0.3, -0.25) is 0 Å². The molecule has 0 saturated heterocycles. The van der Waals surface area contributed by atoms with Crippen molar-refractivity contribution in [2.24, 2.45) is 11.8 Å². The molecule has 14 heavy (non-hydrogen) atoms. The molecular formula is C11H21F3. The molecule has 0 amide bonds. The largest absolute Gasteiger partial charge is 0.391 e. The van der Waals surface area contributed by atoms with Crippen LogP contribution in [-0.4, -0.2) is 6.18 Å². The van der Waals surface area contributed by atoms with Crippen molar-refractivity contribution in [2.45, 2.75) is 59.1 Å². The van der Waals surface area contributed by atoms with E-state index < -0.39 is 12.1 Å². The Morgan fingerprint density at radius 1 is 1.00 bits per heavy atom. The number of hydrogen-bond acceptors (Lipinski definition) is 0. The Morgan fingerprint density at radius 2 is 1.36 bits per heavy atom. The second-order valence-electron chi connectivity index (χ2n) is 4.21. The summed E-state index contributed by atoms with van der Waals surface area (Å²) >= 11 is 0. The zero-order valence-corrected chi connectivity index (χ0v) is 9.32. The van der Waals surface area contributed by atoms with E-state index in [2.05, 4.69) is 13.8 Å². The van der Waals surface area contributed by atoms with Crippen LogP contribution in [0, 0.1) is 11.8 Å². The summed E-state index contributed by atoms with van der Waals surface area (Å²) in [7, 11) is 0. The topological polar surface area (TPSA) is 0 Å². The van der Waals surface area contributed by atoms with Gasteiger partial charge in [0.1, 0.15) is 0 Å². The van der Waals surface area contributed by atoms with Crippen molar-refractivity contribution in [3.05, 3.63) is 0 Å². The molecule has 1 aliphatic rings. The van der Waals surface area contributed by atoms with E-state index in [0.717, 1.165) is 12.8 Å². The van der Waals surface area contributed by atoms with E-state index in [0.29, 0.717) is 18.8 Å². The fourth-order valence-electron chi connectivity index (χ4n) is 1.59. The van der Waals surface area contributed by atoms with Crippen LogP contribution in [0.4, 0.5) is 13.2 Å². The normalized spacial score (nSPS) is 27.9. The summed E-state index contributed by atoms with van der Waals surface area (Å²) in [5.74, 6) is -0.521. The molecule has 1 aliphatic carbocycles. The minimum Gasteiger partial charge on any atom is -0.171 e. The fraction of sp³-hybridized carbons (Fsp3) is 1.00. The van der Waals surface area contributed by atoms with E-state index in [1.54, 1.807) is 0 Å². The summed E-state index contributed by atoms with van der Waals surface area (Å²) in [6.07, 6.45) is -0.538. The monoisotopic (exact) mass is 210 g/mol. The second-order valence-corrected chi connectivity index (χ2v) is 4.21. The molecule has 0 unspecified atom stereocenters. The summed E-state index contributed by atoms with van der Waals surface area (Å²) < 4.78 is 36.2. The van der Waals surface area contributed by atoms with Gasteiger partial charge in [0, 0.05) is 0 Å². The highest BCUT2D eigenvalue weighted by atomic mass is 19.4. The number of halogens is 3. The highest BCUT2D eigenvalue weighted by molar-refractivity contribution is 4.74. The van der Waals surface area contributed by atoms with Crippen LogP contribution in [0.3, 0.4) is 0 Å². The lowest BCUT2D eigenvalue weighted by atomic mass is 9.83. The van der Waals surface area contributed by atoms with Gasteiger partial charge < -0.3 is 0 Å². The van der Waals surface area contributed by atoms with Crippen LogP contribution in [0.25, 0.3) is 0 Å². The minimum atomic E-state index is -3.94. The number of alkyl halides is 3. The van der Waals surface area contributed by atoms with Gasteiger partial charge in [0.25, 0.3) is 0 Å². The molecule has 0 aromatic rings. The SMILES string of the molecule is CC1CCC(C(F)(F)F)CC1.CCC. The third-order valence-corrected chi connectivity index (χ3v) is 2.48. The molecule has 0 aromatic carbocycles. The highest BCUT2D eigenvalue weighted by Crippen LogP contribution is 2.39. The van der Waals surface area contributed by atoms with E-state index in [4.69, 9.17) is 0 Å². The van der Waals surface area contributed by atoms with E-state index in [1.807, 2.05) is 6.92 Å². The van der Waals surface area contributed by atoms with Gasteiger partial charge in [-0.2, -0.15) is 13.2 Å². The summed E-state index contributed by atoms with van der Waals surface area (Å²) in [4.78, 5) is 0. The predicted molar refractivity (Wildman–Crippen MR) is 53.1 cm³/mol. The maximum absolute atomic E-state index is 12.1. The smallest absolute Gasteiger partial charge is 0.171 e. The van der Waals surface area contributed by atoms with Crippen molar-refractivity contribution >= 4 is 0 Å². The van der Waals surface area contributed by atoms with Crippen LogP contribution in [0.1, 0.15) is 52.9 Å². The first-order valence-electron chi connectivity index (χ1n) is 5.48. The van der Waals surface area contributed by atoms with E-state index in [1.165, 1.54) is 6.42 Å². The Labute approximate surface area is 84.9 Å². The van der Waals surface area contributed by atoms with E-state index in [-0.39, 0.29) is 0 Å². The van der Waals surface area contributed by atoms with Crippen molar-refractivity contribution in [3.63, 3.8) is 0 Å². The first-order chi connectivity index (χ1) is 6.41. The molecule has 0 atom stereocenters. The van der Waals surface area contributed by atoms with Crippen molar-refractivity contribution in [2.75, 3.05) is 0 Å². The molecule has 1 fully saturated rings. The Bertz CT molecular complexity index is 132. The number of hydrogen-bond donors (Lipinski definition) is 0. The standard InChI is InChI=1S/C8H13F3.C3H8/c1-6-2-4-7(5-3-6)8(9,10)11;1-3-2/h6-7H,2-5H2,1H3;3H2,1-2H3. The molecule has 3 heteroatoms. The molecule has 0 N–H and O–H groups in total. The Balaban J connectivity index is 0.000000500. The first kappa shape index (κ1) is 13.8. The lowest BCUT2D eigenvalue weighted by Crippen LogP contribution is -2.26. The molecule has 0 bridgehead atoms. The minimum absolute atomic E-state index is 0.338. The van der Waals surface area contributed by atoms with Crippen molar-refractivity contribution in [1.29, 1.82) is 0 Å². The van der Waals surface area contributed by atoms with Gasteiger partial charge in [0.05, 0.1) is 5.92 Å². The lowest BCUT2D eigenvalue weighted by molar-refractivity contribution is -0.183. The van der Waals surface area contributed by atoms with Gasteiger partial charge in [0.15, 0.2) is 0 Å². The van der Waals surface area contributed by atoms with Gasteiger partial charge in [-0.15, -0.1) is 0 Å². The molecule has 0 aromatic heterocycles. The Kier molecular flexibility index (Phi) is 6.21. The van der Waals surface area contributed by atoms with E-state index in [9.17, 15) is 13.2 Å². The van der Waals surface area contributed by atoms with Gasteiger partial charge in [-0.25, -0.2) is 0 Å². The quantitative estimate of drug-likeness (QED) is 0.539. The second kappa shape index (κ2) is 6.31. The van der Waals surface area contributed by atoms with Gasteiger partial charge in [0.2, 0.25) is 0 Å². The third kappa shape index (κ3) is 5.51. The summed E-state index contributed by atoms with van der Waals surface area (Å²) in [6.45, 7) is 6.27. The van der Waals surface area contributed by atoms with Gasteiger partial charge in [-0.1, -0.05) is 40.0 Å². The third-order valence-electron chi connectivity index (χ3n) is 2.48. The summed E-state index contributed by atoms with van der Waals surface area (Å²) in [6, 6.07) is 0. The molecule has 1 saturated carbocycles. The predicted octanol–water partition coefficient (Wildman–Crippen LogP) is 4.79. The van der Waals surface area contributed by atoms with Crippen molar-refractivity contribution < 1.29 is 13.2 Å². The Morgan fingerprint density at radius 3 is 1.64 bits per heavy atom. The summed E-state index contributed by atoms with van der Waals surface area (Å²) in [5, 5.41) is 0. The lowest BCUT2D eigenvalue weighted by Gasteiger charge is -2.27. The molecule has 0 radical (unpaired) electrons. The Hall–Kier alpha value is -0.210. The van der Waals surface area contributed by atoms with Crippen LogP contribution in [0.15, 0.2) is 0 Å². The van der Waals surface area contributed by atoms with Crippen LogP contribution >= 0.6 is 0 Å². The molecule has 0 nitrogen and oxygen atoms in total. The van der Waals surface area contributed by atoms with Gasteiger partial charge in [-0.05, 0) is 18.8 Å². The van der Waals surface area contributed by atoms with Gasteiger partial charge >= 0.3 is 6.18 Å². The zero-order valence-electron chi connectivity index (χ0n) is 9.32. The molecule has 0 spiro atoms. The van der Waals surface area contributed by atoms with Crippen molar-refractivity contribution in [3.8, 4) is 0 Å². The maximum Gasteiger partial charge on any atom is 0.391 e. The average molecular weight is 210 g/mol. The molecular weight excluding hydrogens is 189 g/mol. The zero-order chi connectivity index (χ0) is 11.2. The van der Waals surface area contributed by atoms with Crippen LogP contribution < -0.4 is 0 Å². The molecule has 0 aliphatic heterocycles. The van der Waals surface area contributed by atoms with Crippen LogP contribution in [0.2, 0.25) is 0 Å². The highest BCUT2D eigenvalue weighted by Gasteiger charge is 2.40. The summed E-state index contributed by atoms with van der Waals surface area (Å²) in [5.41, 5.74) is 0. The van der Waals surface area contributed by atoms with Crippen LogP contribution in [-0.2, 0) is 0 Å². The first-order valence-corrected chi connectivity index (χ1v) is 5.48. The van der Waals surface area contributed by atoms with E-state index >= 15 is 0 Å². The fourth-order valence-corrected chi connectivity index (χ4v) is 1.59.